The third-order valence-electron chi connectivity index (χ3n) is 2.41. The molecule has 1 aliphatic rings. The Morgan fingerprint density at radius 2 is 1.94 bits per heavy atom. The standard InChI is InChI=1S/C14H13NO/c1-10-5-3-4-6-13(10)15-14-8-7-12(16)9-11(14)2/h3-9,16H,1H2,2H3. The summed E-state index contributed by atoms with van der Waals surface area (Å²) in [5.41, 5.74) is 3.56. The minimum atomic E-state index is 0.263. The van der Waals surface area contributed by atoms with Gasteiger partial charge in [0.25, 0.3) is 0 Å². The molecule has 1 N–H and O–H groups in total. The molecule has 0 unspecified atom stereocenters. The molecule has 2 heteroatoms. The van der Waals surface area contributed by atoms with Gasteiger partial charge in [0.1, 0.15) is 5.75 Å². The first-order chi connectivity index (χ1) is 7.66. The van der Waals surface area contributed by atoms with E-state index in [1.807, 2.05) is 31.2 Å². The molecule has 0 saturated heterocycles. The summed E-state index contributed by atoms with van der Waals surface area (Å²) in [6, 6.07) is 5.14. The maximum atomic E-state index is 9.30. The SMILES string of the molecule is C=C1C=CC=CC1=Nc1ccc(O)cc1C. The summed E-state index contributed by atoms with van der Waals surface area (Å²) in [5, 5.41) is 9.30. The minimum absolute atomic E-state index is 0.263. The van der Waals surface area contributed by atoms with Gasteiger partial charge in [0, 0.05) is 0 Å². The molecule has 0 fully saturated rings. The van der Waals surface area contributed by atoms with E-state index in [1.165, 1.54) is 0 Å². The predicted octanol–water partition coefficient (Wildman–Crippen LogP) is 3.46. The van der Waals surface area contributed by atoms with Gasteiger partial charge in [0.05, 0.1) is 11.4 Å². The fraction of sp³-hybridized carbons (Fsp3) is 0.0714. The Morgan fingerprint density at radius 3 is 2.62 bits per heavy atom. The van der Waals surface area contributed by atoms with Crippen LogP contribution < -0.4 is 0 Å². The minimum Gasteiger partial charge on any atom is -0.508 e. The van der Waals surface area contributed by atoms with Gasteiger partial charge in [-0.05, 0) is 42.3 Å². The van der Waals surface area contributed by atoms with Crippen LogP contribution in [0.2, 0.25) is 0 Å². The zero-order valence-electron chi connectivity index (χ0n) is 9.14. The van der Waals surface area contributed by atoms with Crippen LogP contribution in [0.4, 0.5) is 5.69 Å². The smallest absolute Gasteiger partial charge is 0.115 e. The topological polar surface area (TPSA) is 32.6 Å². The average molecular weight is 211 g/mol. The van der Waals surface area contributed by atoms with Gasteiger partial charge >= 0.3 is 0 Å². The van der Waals surface area contributed by atoms with Crippen molar-refractivity contribution in [1.82, 2.24) is 0 Å². The van der Waals surface area contributed by atoms with Gasteiger partial charge in [0.15, 0.2) is 0 Å². The molecule has 80 valence electrons. The van der Waals surface area contributed by atoms with Gasteiger partial charge in [-0.2, -0.15) is 0 Å². The van der Waals surface area contributed by atoms with E-state index in [0.717, 1.165) is 22.5 Å². The second-order valence-corrected chi connectivity index (χ2v) is 3.71. The predicted molar refractivity (Wildman–Crippen MR) is 67.4 cm³/mol. The van der Waals surface area contributed by atoms with E-state index in [-0.39, 0.29) is 5.75 Å². The number of allylic oxidation sites excluding steroid dienone is 5. The van der Waals surface area contributed by atoms with Crippen molar-refractivity contribution in [2.24, 2.45) is 4.99 Å². The van der Waals surface area contributed by atoms with Crippen molar-refractivity contribution in [3.63, 3.8) is 0 Å². The zero-order valence-corrected chi connectivity index (χ0v) is 9.14. The molecule has 1 aromatic rings. The summed E-state index contributed by atoms with van der Waals surface area (Å²) in [6.45, 7) is 5.84. The maximum absolute atomic E-state index is 9.30. The number of aliphatic imine (C=N–C) groups is 1. The number of phenols is 1. The highest BCUT2D eigenvalue weighted by molar-refractivity contribution is 6.12. The van der Waals surface area contributed by atoms with E-state index in [9.17, 15) is 5.11 Å². The molecular weight excluding hydrogens is 198 g/mol. The molecular formula is C14H13NO. The van der Waals surface area contributed by atoms with Crippen LogP contribution in [-0.4, -0.2) is 10.8 Å². The van der Waals surface area contributed by atoms with Crippen molar-refractivity contribution in [3.8, 4) is 5.75 Å². The number of rotatable bonds is 1. The zero-order chi connectivity index (χ0) is 11.5. The molecule has 0 bridgehead atoms. The van der Waals surface area contributed by atoms with Crippen molar-refractivity contribution in [2.75, 3.05) is 0 Å². The third kappa shape index (κ3) is 2.11. The van der Waals surface area contributed by atoms with E-state index in [1.54, 1.807) is 18.2 Å². The molecule has 0 heterocycles. The van der Waals surface area contributed by atoms with Crippen LogP contribution in [0.15, 0.2) is 59.6 Å². The van der Waals surface area contributed by atoms with E-state index >= 15 is 0 Å². The molecule has 0 amide bonds. The highest BCUT2D eigenvalue weighted by atomic mass is 16.3. The molecule has 2 rings (SSSR count). The van der Waals surface area contributed by atoms with Crippen LogP contribution in [0.3, 0.4) is 0 Å². The molecule has 2 nitrogen and oxygen atoms in total. The number of phenolic OH excluding ortho intramolecular Hbond substituents is 1. The second-order valence-electron chi connectivity index (χ2n) is 3.71. The van der Waals surface area contributed by atoms with Gasteiger partial charge in [-0.25, -0.2) is 4.99 Å². The van der Waals surface area contributed by atoms with E-state index in [4.69, 9.17) is 0 Å². The monoisotopic (exact) mass is 211 g/mol. The summed E-state index contributed by atoms with van der Waals surface area (Å²) in [5.74, 6) is 0.263. The Balaban J connectivity index is 2.39. The van der Waals surface area contributed by atoms with E-state index in [2.05, 4.69) is 11.6 Å². The van der Waals surface area contributed by atoms with Gasteiger partial charge in [-0.1, -0.05) is 24.8 Å². The molecule has 0 saturated carbocycles. The molecule has 1 aromatic carbocycles. The normalized spacial score (nSPS) is 17.1. The highest BCUT2D eigenvalue weighted by Gasteiger charge is 2.03. The number of hydrogen-bond donors (Lipinski definition) is 1. The summed E-state index contributed by atoms with van der Waals surface area (Å²) >= 11 is 0. The van der Waals surface area contributed by atoms with Crippen LogP contribution in [0, 0.1) is 6.92 Å². The van der Waals surface area contributed by atoms with Crippen molar-refractivity contribution < 1.29 is 5.11 Å². The fourth-order valence-electron chi connectivity index (χ4n) is 1.51. The summed E-state index contributed by atoms with van der Waals surface area (Å²) in [6.07, 6.45) is 7.72. The Hall–Kier alpha value is -2.09. The van der Waals surface area contributed by atoms with Crippen LogP contribution in [0.1, 0.15) is 5.56 Å². The number of nitrogens with zero attached hydrogens (tertiary/aromatic N) is 1. The van der Waals surface area contributed by atoms with Crippen molar-refractivity contribution in [2.45, 2.75) is 6.92 Å². The van der Waals surface area contributed by atoms with Crippen molar-refractivity contribution in [1.29, 1.82) is 0 Å². The highest BCUT2D eigenvalue weighted by Crippen LogP contribution is 2.24. The Bertz CT molecular complexity index is 522. The average Bonchev–Trinajstić information content (AvgIpc) is 2.25. The van der Waals surface area contributed by atoms with Crippen molar-refractivity contribution in [3.05, 3.63) is 60.2 Å². The van der Waals surface area contributed by atoms with Crippen LogP contribution in [0.5, 0.6) is 5.75 Å². The Kier molecular flexibility index (Phi) is 2.73. The third-order valence-corrected chi connectivity index (χ3v) is 2.41. The van der Waals surface area contributed by atoms with Gasteiger partial charge in [-0.15, -0.1) is 0 Å². The van der Waals surface area contributed by atoms with Gasteiger partial charge in [0.2, 0.25) is 0 Å². The number of hydrogen-bond acceptors (Lipinski definition) is 2. The van der Waals surface area contributed by atoms with Crippen molar-refractivity contribution >= 4 is 11.4 Å². The summed E-state index contributed by atoms with van der Waals surface area (Å²) in [7, 11) is 0. The molecule has 0 aliphatic heterocycles. The lowest BCUT2D eigenvalue weighted by molar-refractivity contribution is 0.475. The van der Waals surface area contributed by atoms with Crippen LogP contribution in [0.25, 0.3) is 0 Å². The number of aryl methyl sites for hydroxylation is 1. The first-order valence-corrected chi connectivity index (χ1v) is 5.09. The van der Waals surface area contributed by atoms with E-state index in [0.29, 0.717) is 0 Å². The fourth-order valence-corrected chi connectivity index (χ4v) is 1.51. The molecule has 0 radical (unpaired) electrons. The summed E-state index contributed by atoms with van der Waals surface area (Å²) in [4.78, 5) is 4.51. The number of benzene rings is 1. The first-order valence-electron chi connectivity index (χ1n) is 5.09. The second kappa shape index (κ2) is 4.19. The molecule has 1 aliphatic carbocycles. The maximum Gasteiger partial charge on any atom is 0.115 e. The van der Waals surface area contributed by atoms with Gasteiger partial charge in [-0.3, -0.25) is 0 Å². The quantitative estimate of drug-likeness (QED) is 0.758. The Labute approximate surface area is 95.0 Å². The van der Waals surface area contributed by atoms with Crippen LogP contribution in [-0.2, 0) is 0 Å². The number of aromatic hydroxyl groups is 1. The molecule has 16 heavy (non-hydrogen) atoms. The lowest BCUT2D eigenvalue weighted by Gasteiger charge is -2.06. The Morgan fingerprint density at radius 1 is 1.19 bits per heavy atom. The lowest BCUT2D eigenvalue weighted by atomic mass is 10.1. The molecule has 0 atom stereocenters. The molecule has 0 spiro atoms. The molecule has 0 aromatic heterocycles. The van der Waals surface area contributed by atoms with Gasteiger partial charge < -0.3 is 5.11 Å². The van der Waals surface area contributed by atoms with E-state index < -0.39 is 0 Å². The van der Waals surface area contributed by atoms with Crippen LogP contribution >= 0.6 is 0 Å². The largest absolute Gasteiger partial charge is 0.508 e. The lowest BCUT2D eigenvalue weighted by Crippen LogP contribution is -1.97. The first kappa shape index (κ1) is 10.4. The summed E-state index contributed by atoms with van der Waals surface area (Å²) < 4.78 is 0.